The molecule has 7 nitrogen and oxygen atoms in total. The lowest BCUT2D eigenvalue weighted by molar-refractivity contribution is -0.384. The number of nitrogens with one attached hydrogen (secondary N) is 1. The number of hydrogen-bond donors (Lipinski definition) is 3. The molecule has 0 saturated heterocycles. The number of phenols is 1. The van der Waals surface area contributed by atoms with E-state index < -0.39 is 4.92 Å². The molecule has 0 heterocycles. The molecule has 0 aliphatic rings. The van der Waals surface area contributed by atoms with Crippen molar-refractivity contribution in [3.05, 3.63) is 28.3 Å². The van der Waals surface area contributed by atoms with E-state index in [1.807, 2.05) is 13.8 Å². The third-order valence-electron chi connectivity index (χ3n) is 3.08. The van der Waals surface area contributed by atoms with Crippen molar-refractivity contribution in [3.63, 3.8) is 0 Å². The summed E-state index contributed by atoms with van der Waals surface area (Å²) >= 11 is 0. The summed E-state index contributed by atoms with van der Waals surface area (Å²) in [5, 5.41) is 22.8. The van der Waals surface area contributed by atoms with E-state index in [1.165, 1.54) is 12.1 Å². The van der Waals surface area contributed by atoms with Gasteiger partial charge in [-0.2, -0.15) is 0 Å². The second-order valence-electron chi connectivity index (χ2n) is 5.44. The third kappa shape index (κ3) is 5.39. The first kappa shape index (κ1) is 16.9. The quantitative estimate of drug-likeness (QED) is 0.405. The average Bonchev–Trinajstić information content (AvgIpc) is 2.39. The van der Waals surface area contributed by atoms with Crippen LogP contribution in [0.4, 0.5) is 11.4 Å². The third-order valence-corrected chi connectivity index (χ3v) is 3.08. The van der Waals surface area contributed by atoms with Crippen LogP contribution in [0.1, 0.15) is 26.7 Å². The fourth-order valence-electron chi connectivity index (χ4n) is 2.13. The average molecular weight is 295 g/mol. The molecular formula is C14H21N3O4. The minimum Gasteiger partial charge on any atom is -0.506 e. The number of anilines is 1. The van der Waals surface area contributed by atoms with Gasteiger partial charge in [-0.3, -0.25) is 14.9 Å². The van der Waals surface area contributed by atoms with Gasteiger partial charge >= 0.3 is 0 Å². The SMILES string of the molecule is CC(C)C[C@H](CN)CC(=O)Nc1cc([N+](=O)[O-])ccc1O. The van der Waals surface area contributed by atoms with Gasteiger partial charge in [0.1, 0.15) is 5.75 Å². The Morgan fingerprint density at radius 3 is 2.67 bits per heavy atom. The molecule has 21 heavy (non-hydrogen) atoms. The van der Waals surface area contributed by atoms with Crippen LogP contribution in [0.2, 0.25) is 0 Å². The smallest absolute Gasteiger partial charge is 0.271 e. The molecule has 1 atom stereocenters. The molecule has 1 aromatic carbocycles. The fraction of sp³-hybridized carbons (Fsp3) is 0.500. The Morgan fingerprint density at radius 2 is 2.14 bits per heavy atom. The number of nitrogens with two attached hydrogens (primary N) is 1. The number of nitro groups is 1. The molecule has 0 spiro atoms. The van der Waals surface area contributed by atoms with Crippen LogP contribution in [0.25, 0.3) is 0 Å². The van der Waals surface area contributed by atoms with E-state index in [4.69, 9.17) is 5.73 Å². The number of rotatable bonds is 7. The van der Waals surface area contributed by atoms with Gasteiger partial charge in [0.05, 0.1) is 10.6 Å². The Morgan fingerprint density at radius 1 is 1.48 bits per heavy atom. The van der Waals surface area contributed by atoms with Crippen molar-refractivity contribution < 1.29 is 14.8 Å². The predicted octanol–water partition coefficient (Wildman–Crippen LogP) is 2.25. The number of amides is 1. The standard InChI is InChI=1S/C14H21N3O4/c1-9(2)5-10(8-15)6-14(19)16-12-7-11(17(20)21)3-4-13(12)18/h3-4,7,9-10,18H,5-6,8,15H2,1-2H3,(H,16,19)/t10-/m0/s1. The highest BCUT2D eigenvalue weighted by Gasteiger charge is 2.17. The molecule has 0 aromatic heterocycles. The van der Waals surface area contributed by atoms with Crippen molar-refractivity contribution in [2.45, 2.75) is 26.7 Å². The minimum absolute atomic E-state index is 0.0366. The van der Waals surface area contributed by atoms with Gasteiger partial charge in [0.25, 0.3) is 5.69 Å². The maximum Gasteiger partial charge on any atom is 0.271 e. The van der Waals surface area contributed by atoms with Crippen molar-refractivity contribution >= 4 is 17.3 Å². The summed E-state index contributed by atoms with van der Waals surface area (Å²) in [5.74, 6) is -0.0487. The Bertz CT molecular complexity index is 517. The number of carbonyl (C=O) groups excluding carboxylic acids is 1. The Hall–Kier alpha value is -2.15. The number of benzene rings is 1. The van der Waals surface area contributed by atoms with E-state index >= 15 is 0 Å². The number of nitro benzene ring substituents is 1. The van der Waals surface area contributed by atoms with Crippen molar-refractivity contribution in [1.29, 1.82) is 0 Å². The monoisotopic (exact) mass is 295 g/mol. The molecule has 0 radical (unpaired) electrons. The van der Waals surface area contributed by atoms with Crippen molar-refractivity contribution in [2.24, 2.45) is 17.6 Å². The zero-order chi connectivity index (χ0) is 16.0. The van der Waals surface area contributed by atoms with E-state index in [2.05, 4.69) is 5.32 Å². The molecule has 0 unspecified atom stereocenters. The van der Waals surface area contributed by atoms with Crippen molar-refractivity contribution in [1.82, 2.24) is 0 Å². The van der Waals surface area contributed by atoms with Gasteiger partial charge in [0.2, 0.25) is 5.91 Å². The maximum atomic E-state index is 11.9. The second kappa shape index (κ2) is 7.58. The first-order chi connectivity index (χ1) is 9.83. The number of aromatic hydroxyl groups is 1. The molecular weight excluding hydrogens is 274 g/mol. The van der Waals surface area contributed by atoms with Gasteiger partial charge in [-0.25, -0.2) is 0 Å². The molecule has 0 bridgehead atoms. The summed E-state index contributed by atoms with van der Waals surface area (Å²) in [7, 11) is 0. The summed E-state index contributed by atoms with van der Waals surface area (Å²) in [4.78, 5) is 22.1. The Balaban J connectivity index is 2.74. The Kier molecular flexibility index (Phi) is 6.10. The normalized spacial score (nSPS) is 12.2. The maximum absolute atomic E-state index is 11.9. The molecule has 4 N–H and O–H groups in total. The van der Waals surface area contributed by atoms with Gasteiger partial charge < -0.3 is 16.2 Å². The van der Waals surface area contributed by atoms with Crippen LogP contribution in [0.15, 0.2) is 18.2 Å². The molecule has 0 aliphatic carbocycles. The topological polar surface area (TPSA) is 118 Å². The van der Waals surface area contributed by atoms with Crippen molar-refractivity contribution in [3.8, 4) is 5.75 Å². The highest BCUT2D eigenvalue weighted by atomic mass is 16.6. The molecule has 1 amide bonds. The molecule has 1 rings (SSSR count). The van der Waals surface area contributed by atoms with Crippen LogP contribution >= 0.6 is 0 Å². The van der Waals surface area contributed by atoms with Crippen LogP contribution < -0.4 is 11.1 Å². The number of nitrogens with zero attached hydrogens (tertiary/aromatic N) is 1. The molecule has 0 saturated carbocycles. The lowest BCUT2D eigenvalue weighted by Gasteiger charge is -2.16. The van der Waals surface area contributed by atoms with E-state index in [9.17, 15) is 20.0 Å². The summed E-state index contributed by atoms with van der Waals surface area (Å²) in [6, 6.07) is 3.49. The zero-order valence-corrected chi connectivity index (χ0v) is 12.2. The van der Waals surface area contributed by atoms with Gasteiger partial charge in [-0.05, 0) is 30.9 Å². The van der Waals surface area contributed by atoms with E-state index in [0.717, 1.165) is 12.5 Å². The first-order valence-electron chi connectivity index (χ1n) is 6.80. The largest absolute Gasteiger partial charge is 0.506 e. The lowest BCUT2D eigenvalue weighted by atomic mass is 9.94. The molecule has 1 aromatic rings. The van der Waals surface area contributed by atoms with Crippen LogP contribution in [-0.4, -0.2) is 22.5 Å². The van der Waals surface area contributed by atoms with Crippen LogP contribution in [-0.2, 0) is 4.79 Å². The van der Waals surface area contributed by atoms with E-state index in [-0.39, 0.29) is 35.4 Å². The van der Waals surface area contributed by atoms with Gasteiger partial charge in [-0.15, -0.1) is 0 Å². The van der Waals surface area contributed by atoms with Crippen molar-refractivity contribution in [2.75, 3.05) is 11.9 Å². The summed E-state index contributed by atoms with van der Waals surface area (Å²) in [5.41, 5.74) is 5.48. The summed E-state index contributed by atoms with van der Waals surface area (Å²) in [6.07, 6.45) is 1.04. The number of carbonyl (C=O) groups is 1. The number of phenolic OH excluding ortho intramolecular Hbond substituents is 1. The van der Waals surface area contributed by atoms with Crippen LogP contribution in [0.3, 0.4) is 0 Å². The minimum atomic E-state index is -0.587. The summed E-state index contributed by atoms with van der Waals surface area (Å²) in [6.45, 7) is 4.49. The van der Waals surface area contributed by atoms with Gasteiger partial charge in [0, 0.05) is 18.6 Å². The van der Waals surface area contributed by atoms with Gasteiger partial charge in [0.15, 0.2) is 0 Å². The predicted molar refractivity (Wildman–Crippen MR) is 80.0 cm³/mol. The van der Waals surface area contributed by atoms with E-state index in [0.29, 0.717) is 12.5 Å². The zero-order valence-electron chi connectivity index (χ0n) is 12.2. The summed E-state index contributed by atoms with van der Waals surface area (Å²) < 4.78 is 0. The highest BCUT2D eigenvalue weighted by Crippen LogP contribution is 2.28. The number of hydrogen-bond acceptors (Lipinski definition) is 5. The Labute approximate surface area is 123 Å². The molecule has 0 aliphatic heterocycles. The second-order valence-corrected chi connectivity index (χ2v) is 5.44. The lowest BCUT2D eigenvalue weighted by Crippen LogP contribution is -2.23. The highest BCUT2D eigenvalue weighted by molar-refractivity contribution is 5.92. The molecule has 0 fully saturated rings. The molecule has 116 valence electrons. The first-order valence-corrected chi connectivity index (χ1v) is 6.80. The van der Waals surface area contributed by atoms with E-state index in [1.54, 1.807) is 0 Å². The fourth-order valence-corrected chi connectivity index (χ4v) is 2.13. The molecule has 7 heteroatoms. The number of non-ortho nitro benzene ring substituents is 1. The van der Waals surface area contributed by atoms with Crippen LogP contribution in [0.5, 0.6) is 5.75 Å². The van der Waals surface area contributed by atoms with Crippen LogP contribution in [0, 0.1) is 22.0 Å². The van der Waals surface area contributed by atoms with Gasteiger partial charge in [-0.1, -0.05) is 13.8 Å².